The topological polar surface area (TPSA) is 75.4 Å². The molecule has 0 bridgehead atoms. The number of carbonyl (C=O) groups excluding carboxylic acids is 2. The molecule has 0 spiro atoms. The van der Waals surface area contributed by atoms with Crippen molar-refractivity contribution < 1.29 is 9.59 Å². The first kappa shape index (κ1) is 14.3. The third-order valence-corrected chi connectivity index (χ3v) is 4.31. The Bertz CT molecular complexity index is 321. The highest BCUT2D eigenvalue weighted by atomic mass is 16.2. The van der Waals surface area contributed by atoms with E-state index in [1.54, 1.807) is 4.90 Å². The van der Waals surface area contributed by atoms with Crippen molar-refractivity contribution in [2.75, 3.05) is 19.6 Å². The van der Waals surface area contributed by atoms with Gasteiger partial charge in [0, 0.05) is 19.0 Å². The zero-order valence-corrected chi connectivity index (χ0v) is 11.6. The van der Waals surface area contributed by atoms with Crippen molar-refractivity contribution in [3.63, 3.8) is 0 Å². The number of rotatable bonds is 5. The molecule has 1 unspecified atom stereocenters. The van der Waals surface area contributed by atoms with E-state index >= 15 is 0 Å². The second-order valence-electron chi connectivity index (χ2n) is 5.84. The van der Waals surface area contributed by atoms with E-state index in [0.29, 0.717) is 12.3 Å². The number of amides is 2. The van der Waals surface area contributed by atoms with Gasteiger partial charge in [0.15, 0.2) is 0 Å². The third-order valence-electron chi connectivity index (χ3n) is 4.31. The first-order valence-corrected chi connectivity index (χ1v) is 7.45. The van der Waals surface area contributed by atoms with Gasteiger partial charge in [-0.1, -0.05) is 19.3 Å². The van der Waals surface area contributed by atoms with Crippen LogP contribution in [-0.2, 0) is 9.59 Å². The van der Waals surface area contributed by atoms with Gasteiger partial charge in [-0.3, -0.25) is 9.59 Å². The molecule has 1 aliphatic heterocycles. The standard InChI is InChI=1S/C14H25N3O2/c15-13(18)10-17(12-6-7-16-9-12)14(19)8-11-4-2-1-3-5-11/h11-12,16H,1-10H2,(H2,15,18). The lowest BCUT2D eigenvalue weighted by molar-refractivity contribution is -0.138. The summed E-state index contributed by atoms with van der Waals surface area (Å²) >= 11 is 0. The highest BCUT2D eigenvalue weighted by Crippen LogP contribution is 2.27. The van der Waals surface area contributed by atoms with Crippen LogP contribution in [0.15, 0.2) is 0 Å². The lowest BCUT2D eigenvalue weighted by Gasteiger charge is -2.30. The predicted molar refractivity (Wildman–Crippen MR) is 73.4 cm³/mol. The van der Waals surface area contributed by atoms with E-state index in [2.05, 4.69) is 5.32 Å². The fourth-order valence-electron chi connectivity index (χ4n) is 3.25. The molecule has 1 aliphatic carbocycles. The quantitative estimate of drug-likeness (QED) is 0.767. The minimum Gasteiger partial charge on any atom is -0.368 e. The summed E-state index contributed by atoms with van der Waals surface area (Å²) in [6, 6.07) is 0.142. The Hall–Kier alpha value is -1.10. The second kappa shape index (κ2) is 6.89. The van der Waals surface area contributed by atoms with Crippen molar-refractivity contribution in [1.82, 2.24) is 10.2 Å². The Morgan fingerprint density at radius 2 is 1.89 bits per heavy atom. The fraction of sp³-hybridized carbons (Fsp3) is 0.857. The maximum Gasteiger partial charge on any atom is 0.237 e. The van der Waals surface area contributed by atoms with Crippen LogP contribution in [0.1, 0.15) is 44.9 Å². The average molecular weight is 267 g/mol. The summed E-state index contributed by atoms with van der Waals surface area (Å²) in [6.07, 6.45) is 7.57. The van der Waals surface area contributed by atoms with Gasteiger partial charge in [-0.2, -0.15) is 0 Å². The molecule has 0 aromatic carbocycles. The lowest BCUT2D eigenvalue weighted by atomic mass is 9.86. The van der Waals surface area contributed by atoms with Crippen LogP contribution in [-0.4, -0.2) is 42.4 Å². The summed E-state index contributed by atoms with van der Waals surface area (Å²) in [5.41, 5.74) is 5.28. The summed E-state index contributed by atoms with van der Waals surface area (Å²) in [5.74, 6) is 0.203. The Morgan fingerprint density at radius 3 is 2.47 bits per heavy atom. The van der Waals surface area contributed by atoms with E-state index in [-0.39, 0.29) is 18.5 Å². The number of primary amides is 1. The van der Waals surface area contributed by atoms with Gasteiger partial charge in [-0.25, -0.2) is 0 Å². The molecule has 3 N–H and O–H groups in total. The van der Waals surface area contributed by atoms with E-state index in [0.717, 1.165) is 32.4 Å². The molecule has 5 heteroatoms. The number of hydrogen-bond donors (Lipinski definition) is 2. The van der Waals surface area contributed by atoms with Crippen molar-refractivity contribution in [2.24, 2.45) is 11.7 Å². The Labute approximate surface area is 114 Å². The minimum atomic E-state index is -0.413. The Balaban J connectivity index is 1.91. The normalized spacial score (nSPS) is 24.3. The van der Waals surface area contributed by atoms with Gasteiger partial charge in [-0.05, 0) is 31.7 Å². The SMILES string of the molecule is NC(=O)CN(C(=O)CC1CCCCC1)C1CCNC1. The van der Waals surface area contributed by atoms with Crippen molar-refractivity contribution in [1.29, 1.82) is 0 Å². The summed E-state index contributed by atoms with van der Waals surface area (Å²) in [7, 11) is 0. The Kier molecular flexibility index (Phi) is 5.19. The van der Waals surface area contributed by atoms with E-state index in [9.17, 15) is 9.59 Å². The molecule has 1 heterocycles. The largest absolute Gasteiger partial charge is 0.368 e. The lowest BCUT2D eigenvalue weighted by Crippen LogP contribution is -2.46. The van der Waals surface area contributed by atoms with Gasteiger partial charge in [0.1, 0.15) is 0 Å². The molecule has 1 saturated heterocycles. The smallest absolute Gasteiger partial charge is 0.237 e. The van der Waals surface area contributed by atoms with E-state index in [1.807, 2.05) is 0 Å². The summed E-state index contributed by atoms with van der Waals surface area (Å²) in [6.45, 7) is 1.76. The summed E-state index contributed by atoms with van der Waals surface area (Å²) in [5, 5.41) is 3.24. The van der Waals surface area contributed by atoms with Crippen molar-refractivity contribution in [3.05, 3.63) is 0 Å². The molecule has 19 heavy (non-hydrogen) atoms. The van der Waals surface area contributed by atoms with E-state index in [4.69, 9.17) is 5.73 Å². The average Bonchev–Trinajstić information content (AvgIpc) is 2.90. The van der Waals surface area contributed by atoms with Crippen LogP contribution < -0.4 is 11.1 Å². The fourth-order valence-corrected chi connectivity index (χ4v) is 3.25. The number of nitrogens with one attached hydrogen (secondary N) is 1. The third kappa shape index (κ3) is 4.20. The molecule has 0 aromatic rings. The zero-order valence-electron chi connectivity index (χ0n) is 11.6. The van der Waals surface area contributed by atoms with Gasteiger partial charge in [0.25, 0.3) is 0 Å². The van der Waals surface area contributed by atoms with Crippen LogP contribution in [0, 0.1) is 5.92 Å². The van der Waals surface area contributed by atoms with Crippen LogP contribution >= 0.6 is 0 Å². The molecule has 1 atom stereocenters. The van der Waals surface area contributed by atoms with Crippen molar-refractivity contribution >= 4 is 11.8 Å². The molecule has 2 rings (SSSR count). The molecule has 1 saturated carbocycles. The molecule has 0 aromatic heterocycles. The maximum atomic E-state index is 12.4. The van der Waals surface area contributed by atoms with Crippen LogP contribution in [0.2, 0.25) is 0 Å². The zero-order chi connectivity index (χ0) is 13.7. The van der Waals surface area contributed by atoms with Gasteiger partial charge in [-0.15, -0.1) is 0 Å². The van der Waals surface area contributed by atoms with Crippen molar-refractivity contribution in [3.8, 4) is 0 Å². The Morgan fingerprint density at radius 1 is 1.16 bits per heavy atom. The van der Waals surface area contributed by atoms with Crippen LogP contribution in [0.4, 0.5) is 0 Å². The van der Waals surface area contributed by atoms with Gasteiger partial charge in [0.2, 0.25) is 11.8 Å². The molecule has 2 amide bonds. The highest BCUT2D eigenvalue weighted by molar-refractivity contribution is 5.84. The summed E-state index contributed by atoms with van der Waals surface area (Å²) in [4.78, 5) is 25.3. The predicted octanol–water partition coefficient (Wildman–Crippen LogP) is 0.633. The number of hydrogen-bond acceptors (Lipinski definition) is 3. The minimum absolute atomic E-state index is 0.0674. The monoisotopic (exact) mass is 267 g/mol. The number of nitrogens with zero attached hydrogens (tertiary/aromatic N) is 1. The molecular formula is C14H25N3O2. The summed E-state index contributed by atoms with van der Waals surface area (Å²) < 4.78 is 0. The molecule has 5 nitrogen and oxygen atoms in total. The second-order valence-corrected chi connectivity index (χ2v) is 5.84. The van der Waals surface area contributed by atoms with Crippen LogP contribution in [0.25, 0.3) is 0 Å². The molecular weight excluding hydrogens is 242 g/mol. The molecule has 2 aliphatic rings. The van der Waals surface area contributed by atoms with Gasteiger partial charge < -0.3 is 16.0 Å². The number of nitrogens with two attached hydrogens (primary N) is 1. The number of carbonyl (C=O) groups is 2. The first-order valence-electron chi connectivity index (χ1n) is 7.45. The van der Waals surface area contributed by atoms with Crippen LogP contribution in [0.3, 0.4) is 0 Å². The van der Waals surface area contributed by atoms with Gasteiger partial charge in [0.05, 0.1) is 6.54 Å². The molecule has 0 radical (unpaired) electrons. The molecule has 108 valence electrons. The van der Waals surface area contributed by atoms with Crippen LogP contribution in [0.5, 0.6) is 0 Å². The van der Waals surface area contributed by atoms with E-state index < -0.39 is 5.91 Å². The molecule has 2 fully saturated rings. The van der Waals surface area contributed by atoms with E-state index in [1.165, 1.54) is 19.3 Å². The maximum absolute atomic E-state index is 12.4. The first-order chi connectivity index (χ1) is 9.16. The van der Waals surface area contributed by atoms with Crippen molar-refractivity contribution in [2.45, 2.75) is 51.0 Å². The van der Waals surface area contributed by atoms with Gasteiger partial charge >= 0.3 is 0 Å². The highest BCUT2D eigenvalue weighted by Gasteiger charge is 2.29.